The second-order valence-electron chi connectivity index (χ2n) is 5.92. The summed E-state index contributed by atoms with van der Waals surface area (Å²) in [6, 6.07) is 5.37. The summed E-state index contributed by atoms with van der Waals surface area (Å²) in [5, 5.41) is 3.01. The number of benzene rings is 1. The fraction of sp³-hybridized carbons (Fsp3) is 0.533. The SMILES string of the molecule is CC(NC(=O)c1ccc2c(c1)OCCO2)C(C)(C)C. The van der Waals surface area contributed by atoms with Crippen molar-refractivity contribution in [3.8, 4) is 11.5 Å². The van der Waals surface area contributed by atoms with Gasteiger partial charge in [-0.3, -0.25) is 4.79 Å². The second-order valence-corrected chi connectivity index (χ2v) is 5.92. The Morgan fingerprint density at radius 3 is 2.47 bits per heavy atom. The minimum Gasteiger partial charge on any atom is -0.486 e. The maximum atomic E-state index is 12.2. The minimum atomic E-state index is -0.0839. The zero-order valence-electron chi connectivity index (χ0n) is 11.9. The molecule has 1 aromatic rings. The van der Waals surface area contributed by atoms with Gasteiger partial charge < -0.3 is 14.8 Å². The Kier molecular flexibility index (Phi) is 3.69. The summed E-state index contributed by atoms with van der Waals surface area (Å²) in [6.07, 6.45) is 0. The minimum absolute atomic E-state index is 0.0312. The Morgan fingerprint density at radius 2 is 1.84 bits per heavy atom. The van der Waals surface area contributed by atoms with Crippen LogP contribution in [-0.2, 0) is 0 Å². The van der Waals surface area contributed by atoms with Crippen molar-refractivity contribution in [2.24, 2.45) is 5.41 Å². The van der Waals surface area contributed by atoms with Crippen LogP contribution in [0.4, 0.5) is 0 Å². The first-order chi connectivity index (χ1) is 8.88. The lowest BCUT2D eigenvalue weighted by atomic mass is 9.88. The van der Waals surface area contributed by atoms with Crippen LogP contribution in [0.25, 0.3) is 0 Å². The molecular formula is C15H21NO3. The maximum absolute atomic E-state index is 12.2. The van der Waals surface area contributed by atoms with Crippen LogP contribution in [-0.4, -0.2) is 25.2 Å². The molecule has 0 bridgehead atoms. The molecule has 1 unspecified atom stereocenters. The molecule has 1 N–H and O–H groups in total. The van der Waals surface area contributed by atoms with Crippen molar-refractivity contribution >= 4 is 5.91 Å². The van der Waals surface area contributed by atoms with E-state index in [1.165, 1.54) is 0 Å². The molecule has 19 heavy (non-hydrogen) atoms. The predicted octanol–water partition coefficient (Wildman–Crippen LogP) is 2.62. The van der Waals surface area contributed by atoms with Crippen LogP contribution in [0.2, 0.25) is 0 Å². The summed E-state index contributed by atoms with van der Waals surface area (Å²) in [7, 11) is 0. The molecule has 4 nitrogen and oxygen atoms in total. The highest BCUT2D eigenvalue weighted by atomic mass is 16.6. The van der Waals surface area contributed by atoms with E-state index in [2.05, 4.69) is 26.1 Å². The second kappa shape index (κ2) is 5.11. The summed E-state index contributed by atoms with van der Waals surface area (Å²) >= 11 is 0. The normalized spacial score (nSPS) is 15.8. The molecule has 1 aliphatic rings. The van der Waals surface area contributed by atoms with Gasteiger partial charge >= 0.3 is 0 Å². The number of fused-ring (bicyclic) bond motifs is 1. The highest BCUT2D eigenvalue weighted by Gasteiger charge is 2.23. The van der Waals surface area contributed by atoms with Crippen molar-refractivity contribution in [1.29, 1.82) is 0 Å². The predicted molar refractivity (Wildman–Crippen MR) is 73.8 cm³/mol. The monoisotopic (exact) mass is 263 g/mol. The molecule has 4 heteroatoms. The Hall–Kier alpha value is -1.71. The number of hydrogen-bond acceptors (Lipinski definition) is 3. The number of amides is 1. The van der Waals surface area contributed by atoms with Crippen molar-refractivity contribution in [3.05, 3.63) is 23.8 Å². The summed E-state index contributed by atoms with van der Waals surface area (Å²) in [5.41, 5.74) is 0.629. The van der Waals surface area contributed by atoms with E-state index in [1.54, 1.807) is 18.2 Å². The zero-order valence-corrected chi connectivity index (χ0v) is 11.9. The molecular weight excluding hydrogens is 242 g/mol. The van der Waals surface area contributed by atoms with Crippen molar-refractivity contribution < 1.29 is 14.3 Å². The number of rotatable bonds is 2. The van der Waals surface area contributed by atoms with Gasteiger partial charge in [-0.05, 0) is 30.5 Å². The maximum Gasteiger partial charge on any atom is 0.251 e. The van der Waals surface area contributed by atoms with Crippen molar-refractivity contribution in [1.82, 2.24) is 5.32 Å². The third-order valence-corrected chi connectivity index (χ3v) is 3.45. The molecule has 0 spiro atoms. The molecule has 0 saturated heterocycles. The molecule has 0 fully saturated rings. The standard InChI is InChI=1S/C15H21NO3/c1-10(15(2,3)4)16-14(17)11-5-6-12-13(9-11)19-8-7-18-12/h5-6,9-10H,7-8H2,1-4H3,(H,16,17). The van der Waals surface area contributed by atoms with Crippen LogP contribution in [0.3, 0.4) is 0 Å². The van der Waals surface area contributed by atoms with Crippen LogP contribution in [0.1, 0.15) is 38.1 Å². The van der Waals surface area contributed by atoms with Gasteiger partial charge in [-0.15, -0.1) is 0 Å². The van der Waals surface area contributed by atoms with Gasteiger partial charge in [0.25, 0.3) is 5.91 Å². The van der Waals surface area contributed by atoms with Crippen LogP contribution in [0.5, 0.6) is 11.5 Å². The highest BCUT2D eigenvalue weighted by Crippen LogP contribution is 2.30. The molecule has 1 aliphatic heterocycles. The average Bonchev–Trinajstić information content (AvgIpc) is 2.37. The fourth-order valence-corrected chi connectivity index (χ4v) is 1.68. The third-order valence-electron chi connectivity index (χ3n) is 3.45. The molecule has 0 radical (unpaired) electrons. The molecule has 1 atom stereocenters. The Labute approximate surface area is 114 Å². The van der Waals surface area contributed by atoms with E-state index < -0.39 is 0 Å². The fourth-order valence-electron chi connectivity index (χ4n) is 1.68. The molecule has 0 saturated carbocycles. The highest BCUT2D eigenvalue weighted by molar-refractivity contribution is 5.95. The van der Waals surface area contributed by atoms with Crippen LogP contribution >= 0.6 is 0 Å². The van der Waals surface area contributed by atoms with Gasteiger partial charge in [-0.2, -0.15) is 0 Å². The van der Waals surface area contributed by atoms with Gasteiger partial charge in [0.15, 0.2) is 11.5 Å². The number of carbonyl (C=O) groups is 1. The molecule has 104 valence electrons. The lowest BCUT2D eigenvalue weighted by molar-refractivity contribution is 0.0909. The smallest absolute Gasteiger partial charge is 0.251 e. The summed E-state index contributed by atoms with van der Waals surface area (Å²) < 4.78 is 10.9. The van der Waals surface area contributed by atoms with E-state index >= 15 is 0 Å². The van der Waals surface area contributed by atoms with E-state index in [9.17, 15) is 4.79 Å². The number of carbonyl (C=O) groups excluding carboxylic acids is 1. The molecule has 1 heterocycles. The first-order valence-electron chi connectivity index (χ1n) is 6.58. The molecule has 2 rings (SSSR count). The van der Waals surface area contributed by atoms with Crippen molar-refractivity contribution in [2.75, 3.05) is 13.2 Å². The van der Waals surface area contributed by atoms with Crippen LogP contribution in [0.15, 0.2) is 18.2 Å². The Bertz CT molecular complexity index is 477. The van der Waals surface area contributed by atoms with Gasteiger partial charge in [0.2, 0.25) is 0 Å². The zero-order chi connectivity index (χ0) is 14.0. The summed E-state index contributed by atoms with van der Waals surface area (Å²) in [4.78, 5) is 12.2. The largest absolute Gasteiger partial charge is 0.486 e. The van der Waals surface area contributed by atoms with Crippen LogP contribution < -0.4 is 14.8 Å². The lowest BCUT2D eigenvalue weighted by Crippen LogP contribution is -2.41. The molecule has 0 aliphatic carbocycles. The number of hydrogen-bond donors (Lipinski definition) is 1. The van der Waals surface area contributed by atoms with Gasteiger partial charge in [0, 0.05) is 11.6 Å². The molecule has 1 aromatic carbocycles. The lowest BCUT2D eigenvalue weighted by Gasteiger charge is -2.28. The van der Waals surface area contributed by atoms with E-state index in [-0.39, 0.29) is 17.4 Å². The number of ether oxygens (including phenoxy) is 2. The number of nitrogens with one attached hydrogen (secondary N) is 1. The van der Waals surface area contributed by atoms with Gasteiger partial charge in [-0.1, -0.05) is 20.8 Å². The van der Waals surface area contributed by atoms with Crippen molar-refractivity contribution in [2.45, 2.75) is 33.7 Å². The summed E-state index contributed by atoms with van der Waals surface area (Å²) in [6.45, 7) is 9.39. The van der Waals surface area contributed by atoms with Gasteiger partial charge in [0.1, 0.15) is 13.2 Å². The van der Waals surface area contributed by atoms with E-state index in [0.29, 0.717) is 30.3 Å². The first-order valence-corrected chi connectivity index (χ1v) is 6.58. The van der Waals surface area contributed by atoms with Gasteiger partial charge in [-0.25, -0.2) is 0 Å². The first kappa shape index (κ1) is 13.7. The molecule has 1 amide bonds. The van der Waals surface area contributed by atoms with E-state index in [4.69, 9.17) is 9.47 Å². The van der Waals surface area contributed by atoms with Crippen LogP contribution in [0, 0.1) is 5.41 Å². The molecule has 0 aromatic heterocycles. The van der Waals surface area contributed by atoms with Crippen molar-refractivity contribution in [3.63, 3.8) is 0 Å². The third kappa shape index (κ3) is 3.19. The quantitative estimate of drug-likeness (QED) is 0.892. The summed E-state index contributed by atoms with van der Waals surface area (Å²) in [5.74, 6) is 1.26. The van der Waals surface area contributed by atoms with E-state index in [0.717, 1.165) is 0 Å². The average molecular weight is 263 g/mol. The Balaban J connectivity index is 2.11. The van der Waals surface area contributed by atoms with E-state index in [1.807, 2.05) is 6.92 Å². The Morgan fingerprint density at radius 1 is 1.21 bits per heavy atom. The topological polar surface area (TPSA) is 47.6 Å². The van der Waals surface area contributed by atoms with Gasteiger partial charge in [0.05, 0.1) is 0 Å².